The van der Waals surface area contributed by atoms with Gasteiger partial charge in [-0.15, -0.1) is 0 Å². The summed E-state index contributed by atoms with van der Waals surface area (Å²) in [7, 11) is 0. The first-order valence-electron chi connectivity index (χ1n) is 6.23. The fourth-order valence-electron chi connectivity index (χ4n) is 2.15. The molecule has 0 unspecified atom stereocenters. The fourth-order valence-corrected chi connectivity index (χ4v) is 2.15. The number of pyridine rings is 1. The summed E-state index contributed by atoms with van der Waals surface area (Å²) in [6.07, 6.45) is 1.67. The van der Waals surface area contributed by atoms with E-state index in [1.807, 2.05) is 13.0 Å². The highest BCUT2D eigenvalue weighted by atomic mass is 16.5. The van der Waals surface area contributed by atoms with Crippen molar-refractivity contribution in [3.63, 3.8) is 0 Å². The molecule has 0 spiro atoms. The lowest BCUT2D eigenvalue weighted by Crippen LogP contribution is -2.05. The van der Waals surface area contributed by atoms with Crippen LogP contribution in [0.4, 0.5) is 0 Å². The molecular formula is C14H15NO3. The Bertz CT molecular complexity index is 645. The normalized spacial score (nSPS) is 14.5. The van der Waals surface area contributed by atoms with Crippen molar-refractivity contribution in [2.45, 2.75) is 19.8 Å². The zero-order chi connectivity index (χ0) is 12.5. The van der Waals surface area contributed by atoms with Crippen LogP contribution in [0.25, 0.3) is 10.9 Å². The maximum atomic E-state index is 12.0. The minimum Gasteiger partial charge on any atom is -0.490 e. The molecule has 0 saturated carbocycles. The molecule has 1 aliphatic heterocycles. The quantitative estimate of drug-likeness (QED) is 0.838. The third-order valence-corrected chi connectivity index (χ3v) is 3.13. The number of fused-ring (bicyclic) bond motifs is 2. The Morgan fingerprint density at radius 1 is 1.17 bits per heavy atom. The lowest BCUT2D eigenvalue weighted by atomic mass is 10.1. The summed E-state index contributed by atoms with van der Waals surface area (Å²) >= 11 is 0. The molecule has 2 heterocycles. The molecule has 2 aromatic rings. The molecule has 0 bridgehead atoms. The van der Waals surface area contributed by atoms with Crippen molar-refractivity contribution in [2.24, 2.45) is 0 Å². The van der Waals surface area contributed by atoms with Gasteiger partial charge in [0.2, 0.25) is 0 Å². The molecule has 1 aromatic heterocycles. The second kappa shape index (κ2) is 4.37. The average molecular weight is 245 g/mol. The molecule has 0 amide bonds. The van der Waals surface area contributed by atoms with E-state index in [4.69, 9.17) is 9.47 Å². The number of hydrogen-bond acceptors (Lipinski definition) is 3. The van der Waals surface area contributed by atoms with Gasteiger partial charge in [0.15, 0.2) is 16.9 Å². The van der Waals surface area contributed by atoms with E-state index < -0.39 is 0 Å². The van der Waals surface area contributed by atoms with Gasteiger partial charge in [-0.05, 0) is 12.5 Å². The van der Waals surface area contributed by atoms with E-state index in [0.717, 1.165) is 24.1 Å². The Morgan fingerprint density at radius 3 is 2.61 bits per heavy atom. The minimum absolute atomic E-state index is 0.0243. The first-order valence-corrected chi connectivity index (χ1v) is 6.23. The van der Waals surface area contributed by atoms with Gasteiger partial charge < -0.3 is 14.5 Å². The lowest BCUT2D eigenvalue weighted by molar-refractivity contribution is 0.297. The maximum absolute atomic E-state index is 12.0. The van der Waals surface area contributed by atoms with E-state index in [-0.39, 0.29) is 5.43 Å². The summed E-state index contributed by atoms with van der Waals surface area (Å²) in [4.78, 5) is 15.3. The van der Waals surface area contributed by atoms with Gasteiger partial charge in [-0.2, -0.15) is 0 Å². The Labute approximate surface area is 105 Å². The number of H-pyrrole nitrogens is 1. The van der Waals surface area contributed by atoms with Gasteiger partial charge >= 0.3 is 0 Å². The highest BCUT2D eigenvalue weighted by Crippen LogP contribution is 2.32. The van der Waals surface area contributed by atoms with Crippen LogP contribution in [0, 0.1) is 0 Å². The highest BCUT2D eigenvalue weighted by Gasteiger charge is 2.13. The number of rotatable bonds is 1. The second-order valence-electron chi connectivity index (χ2n) is 4.41. The van der Waals surface area contributed by atoms with E-state index in [2.05, 4.69) is 4.98 Å². The molecule has 0 aliphatic carbocycles. The average Bonchev–Trinajstić information content (AvgIpc) is 2.61. The number of benzene rings is 1. The van der Waals surface area contributed by atoms with Crippen LogP contribution < -0.4 is 14.9 Å². The lowest BCUT2D eigenvalue weighted by Gasteiger charge is -2.09. The van der Waals surface area contributed by atoms with Crippen LogP contribution in [-0.2, 0) is 6.42 Å². The fraction of sp³-hybridized carbons (Fsp3) is 0.357. The van der Waals surface area contributed by atoms with Gasteiger partial charge in [0.25, 0.3) is 0 Å². The maximum Gasteiger partial charge on any atom is 0.189 e. The van der Waals surface area contributed by atoms with Crippen molar-refractivity contribution < 1.29 is 9.47 Å². The third-order valence-electron chi connectivity index (χ3n) is 3.13. The molecule has 1 aliphatic rings. The smallest absolute Gasteiger partial charge is 0.189 e. The number of aromatic nitrogens is 1. The second-order valence-corrected chi connectivity index (χ2v) is 4.41. The summed E-state index contributed by atoms with van der Waals surface area (Å²) in [5.74, 6) is 1.37. The highest BCUT2D eigenvalue weighted by molar-refractivity contribution is 5.82. The van der Waals surface area contributed by atoms with Crippen molar-refractivity contribution in [3.05, 3.63) is 34.1 Å². The number of ether oxygens (including phenoxy) is 2. The predicted octanol–water partition coefficient (Wildman–Crippen LogP) is 2.25. The molecule has 4 nitrogen and oxygen atoms in total. The largest absolute Gasteiger partial charge is 0.490 e. The molecule has 4 heteroatoms. The summed E-state index contributed by atoms with van der Waals surface area (Å²) in [5, 5.41) is 0.649. The van der Waals surface area contributed by atoms with Crippen LogP contribution in [-0.4, -0.2) is 18.2 Å². The van der Waals surface area contributed by atoms with Gasteiger partial charge in [0.1, 0.15) is 0 Å². The Kier molecular flexibility index (Phi) is 2.70. The van der Waals surface area contributed by atoms with Crippen molar-refractivity contribution in [3.8, 4) is 11.5 Å². The monoisotopic (exact) mass is 245 g/mol. The van der Waals surface area contributed by atoms with Crippen molar-refractivity contribution in [1.82, 2.24) is 4.98 Å². The van der Waals surface area contributed by atoms with Gasteiger partial charge in [-0.3, -0.25) is 4.79 Å². The van der Waals surface area contributed by atoms with E-state index in [1.165, 1.54) is 0 Å². The Balaban J connectivity index is 2.25. The van der Waals surface area contributed by atoms with Gasteiger partial charge in [-0.1, -0.05) is 6.92 Å². The van der Waals surface area contributed by atoms with Crippen LogP contribution in [0.5, 0.6) is 11.5 Å². The summed E-state index contributed by atoms with van der Waals surface area (Å²) in [5.41, 5.74) is 1.77. The van der Waals surface area contributed by atoms with Gasteiger partial charge in [0.05, 0.1) is 18.7 Å². The molecule has 0 fully saturated rings. The van der Waals surface area contributed by atoms with Crippen LogP contribution in [0.1, 0.15) is 19.0 Å². The molecule has 18 heavy (non-hydrogen) atoms. The summed E-state index contributed by atoms with van der Waals surface area (Å²) < 4.78 is 11.2. The van der Waals surface area contributed by atoms with Crippen molar-refractivity contribution >= 4 is 10.9 Å². The molecular weight excluding hydrogens is 230 g/mol. The molecule has 3 rings (SSSR count). The zero-order valence-electron chi connectivity index (χ0n) is 10.3. The summed E-state index contributed by atoms with van der Waals surface area (Å²) in [6, 6.07) is 5.27. The third kappa shape index (κ3) is 1.83. The van der Waals surface area contributed by atoms with E-state index in [1.54, 1.807) is 12.1 Å². The number of aromatic amines is 1. The van der Waals surface area contributed by atoms with Crippen LogP contribution in [0.3, 0.4) is 0 Å². The molecule has 0 saturated heterocycles. The summed E-state index contributed by atoms with van der Waals surface area (Å²) in [6.45, 7) is 3.29. The predicted molar refractivity (Wildman–Crippen MR) is 69.6 cm³/mol. The van der Waals surface area contributed by atoms with Crippen LogP contribution in [0.2, 0.25) is 0 Å². The first kappa shape index (κ1) is 11.1. The van der Waals surface area contributed by atoms with Crippen LogP contribution >= 0.6 is 0 Å². The molecule has 1 N–H and O–H groups in total. The molecule has 0 radical (unpaired) electrons. The molecule has 94 valence electrons. The van der Waals surface area contributed by atoms with E-state index in [9.17, 15) is 4.79 Å². The topological polar surface area (TPSA) is 51.3 Å². The number of hydrogen-bond donors (Lipinski definition) is 1. The van der Waals surface area contributed by atoms with Gasteiger partial charge in [-0.25, -0.2) is 0 Å². The zero-order valence-corrected chi connectivity index (χ0v) is 10.3. The Hall–Kier alpha value is -1.97. The van der Waals surface area contributed by atoms with E-state index in [0.29, 0.717) is 30.1 Å². The van der Waals surface area contributed by atoms with E-state index >= 15 is 0 Å². The van der Waals surface area contributed by atoms with Gasteiger partial charge in [0, 0.05) is 29.6 Å². The standard InChI is InChI=1S/C14H15NO3/c1-2-9-6-12(16)10-7-13-14(8-11(10)15-9)18-5-3-4-17-13/h6-8H,2-5H2,1H3,(H,15,16). The SMILES string of the molecule is CCc1cc(=O)c2cc3c(cc2[nH]1)OCCCO3. The van der Waals surface area contributed by atoms with Crippen molar-refractivity contribution in [2.75, 3.05) is 13.2 Å². The molecule has 0 atom stereocenters. The number of nitrogens with one attached hydrogen (secondary N) is 1. The Morgan fingerprint density at radius 2 is 1.89 bits per heavy atom. The number of aryl methyl sites for hydroxylation is 1. The van der Waals surface area contributed by atoms with Crippen LogP contribution in [0.15, 0.2) is 23.0 Å². The van der Waals surface area contributed by atoms with Crippen molar-refractivity contribution in [1.29, 1.82) is 0 Å². The minimum atomic E-state index is 0.0243. The molecule has 1 aromatic carbocycles. The first-order chi connectivity index (χ1) is 8.78.